The lowest BCUT2D eigenvalue weighted by Gasteiger charge is -2.10. The van der Waals surface area contributed by atoms with Crippen molar-refractivity contribution in [2.45, 2.75) is 26.5 Å². The maximum atomic E-state index is 5.62. The van der Waals surface area contributed by atoms with Crippen LogP contribution in [0.3, 0.4) is 0 Å². The van der Waals surface area contributed by atoms with Crippen LogP contribution in [0.2, 0.25) is 0 Å². The van der Waals surface area contributed by atoms with E-state index >= 15 is 0 Å². The van der Waals surface area contributed by atoms with E-state index in [1.54, 1.807) is 12.4 Å². The van der Waals surface area contributed by atoms with E-state index in [0.717, 1.165) is 11.3 Å². The van der Waals surface area contributed by atoms with Gasteiger partial charge in [0.1, 0.15) is 0 Å². The molecule has 3 N–H and O–H groups in total. The molecule has 0 radical (unpaired) electrons. The molecule has 100 valence electrons. The standard InChI is InChI=1S/C14H18N4O/c1-10(2)19-14-9-16-8-13(18-14)17-12-5-3-4-11(6-12)7-15/h3-6,8-10H,7,15H2,1-2H3,(H,17,18). The minimum absolute atomic E-state index is 0.0742. The van der Waals surface area contributed by atoms with Gasteiger partial charge in [-0.15, -0.1) is 0 Å². The Labute approximate surface area is 112 Å². The molecular formula is C14H18N4O. The zero-order chi connectivity index (χ0) is 13.7. The normalized spacial score (nSPS) is 10.5. The lowest BCUT2D eigenvalue weighted by atomic mass is 10.2. The maximum Gasteiger partial charge on any atom is 0.234 e. The molecule has 0 spiro atoms. The minimum atomic E-state index is 0.0742. The second-order valence-electron chi connectivity index (χ2n) is 4.44. The Hall–Kier alpha value is -2.14. The van der Waals surface area contributed by atoms with Crippen LogP contribution in [0.25, 0.3) is 0 Å². The fourth-order valence-corrected chi connectivity index (χ4v) is 1.63. The summed E-state index contributed by atoms with van der Waals surface area (Å²) in [6.45, 7) is 4.41. The molecule has 0 aliphatic carbocycles. The van der Waals surface area contributed by atoms with Gasteiger partial charge in [0.2, 0.25) is 5.88 Å². The number of hydrogen-bond acceptors (Lipinski definition) is 5. The molecule has 19 heavy (non-hydrogen) atoms. The summed E-state index contributed by atoms with van der Waals surface area (Å²) in [5, 5.41) is 3.18. The van der Waals surface area contributed by atoms with Crippen LogP contribution < -0.4 is 15.8 Å². The monoisotopic (exact) mass is 258 g/mol. The highest BCUT2D eigenvalue weighted by molar-refractivity contribution is 5.56. The first-order chi connectivity index (χ1) is 9.17. The lowest BCUT2D eigenvalue weighted by Crippen LogP contribution is -2.08. The van der Waals surface area contributed by atoms with Gasteiger partial charge in [0, 0.05) is 12.2 Å². The van der Waals surface area contributed by atoms with Gasteiger partial charge >= 0.3 is 0 Å². The largest absolute Gasteiger partial charge is 0.474 e. The molecule has 5 nitrogen and oxygen atoms in total. The highest BCUT2D eigenvalue weighted by Gasteiger charge is 2.03. The van der Waals surface area contributed by atoms with E-state index < -0.39 is 0 Å². The lowest BCUT2D eigenvalue weighted by molar-refractivity contribution is 0.232. The summed E-state index contributed by atoms with van der Waals surface area (Å²) < 4.78 is 5.50. The predicted molar refractivity (Wildman–Crippen MR) is 75.4 cm³/mol. The van der Waals surface area contributed by atoms with Crippen LogP contribution in [-0.2, 0) is 6.54 Å². The first-order valence-corrected chi connectivity index (χ1v) is 6.22. The average Bonchev–Trinajstić information content (AvgIpc) is 2.38. The van der Waals surface area contributed by atoms with E-state index in [4.69, 9.17) is 10.5 Å². The third kappa shape index (κ3) is 3.93. The number of aromatic nitrogens is 2. The van der Waals surface area contributed by atoms with E-state index in [1.807, 2.05) is 38.1 Å². The smallest absolute Gasteiger partial charge is 0.234 e. The van der Waals surface area contributed by atoms with Crippen molar-refractivity contribution in [3.63, 3.8) is 0 Å². The number of nitrogens with one attached hydrogen (secondary N) is 1. The Morgan fingerprint density at radius 3 is 2.89 bits per heavy atom. The summed E-state index contributed by atoms with van der Waals surface area (Å²) in [6, 6.07) is 7.87. The number of rotatable bonds is 5. The van der Waals surface area contributed by atoms with Crippen LogP contribution in [0, 0.1) is 0 Å². The second-order valence-corrected chi connectivity index (χ2v) is 4.44. The number of ether oxygens (including phenoxy) is 1. The summed E-state index contributed by atoms with van der Waals surface area (Å²) in [5.74, 6) is 1.15. The topological polar surface area (TPSA) is 73.1 Å². The fraction of sp³-hybridized carbons (Fsp3) is 0.286. The number of nitrogens with two attached hydrogens (primary N) is 1. The molecule has 0 saturated heterocycles. The first-order valence-electron chi connectivity index (χ1n) is 6.22. The van der Waals surface area contributed by atoms with Gasteiger partial charge in [-0.25, -0.2) is 0 Å². The summed E-state index contributed by atoms with van der Waals surface area (Å²) in [5.41, 5.74) is 7.61. The average molecular weight is 258 g/mol. The Morgan fingerprint density at radius 2 is 2.16 bits per heavy atom. The van der Waals surface area contributed by atoms with Crippen molar-refractivity contribution in [2.24, 2.45) is 5.73 Å². The Balaban J connectivity index is 2.13. The summed E-state index contributed by atoms with van der Waals surface area (Å²) >= 11 is 0. The Kier molecular flexibility index (Phi) is 4.30. The molecule has 2 rings (SSSR count). The van der Waals surface area contributed by atoms with Crippen molar-refractivity contribution in [1.82, 2.24) is 9.97 Å². The molecule has 0 amide bonds. The van der Waals surface area contributed by atoms with Gasteiger partial charge in [-0.3, -0.25) is 4.98 Å². The van der Waals surface area contributed by atoms with Crippen molar-refractivity contribution in [1.29, 1.82) is 0 Å². The van der Waals surface area contributed by atoms with Gasteiger partial charge in [0.05, 0.1) is 18.5 Å². The molecule has 2 aromatic rings. The van der Waals surface area contributed by atoms with Crippen LogP contribution in [0.5, 0.6) is 5.88 Å². The van der Waals surface area contributed by atoms with Gasteiger partial charge in [-0.1, -0.05) is 12.1 Å². The minimum Gasteiger partial charge on any atom is -0.474 e. The Morgan fingerprint density at radius 1 is 1.32 bits per heavy atom. The van der Waals surface area contributed by atoms with E-state index in [0.29, 0.717) is 18.2 Å². The van der Waals surface area contributed by atoms with E-state index in [2.05, 4.69) is 15.3 Å². The van der Waals surface area contributed by atoms with E-state index in [1.165, 1.54) is 0 Å². The molecule has 0 atom stereocenters. The van der Waals surface area contributed by atoms with Crippen LogP contribution in [0.4, 0.5) is 11.5 Å². The number of anilines is 2. The molecule has 0 unspecified atom stereocenters. The molecule has 0 saturated carbocycles. The highest BCUT2D eigenvalue weighted by atomic mass is 16.5. The molecule has 5 heteroatoms. The van der Waals surface area contributed by atoms with E-state index in [9.17, 15) is 0 Å². The Bertz CT molecular complexity index is 542. The van der Waals surface area contributed by atoms with Crippen molar-refractivity contribution in [2.75, 3.05) is 5.32 Å². The maximum absolute atomic E-state index is 5.62. The van der Waals surface area contributed by atoms with Gasteiger partial charge in [0.15, 0.2) is 5.82 Å². The zero-order valence-corrected chi connectivity index (χ0v) is 11.1. The van der Waals surface area contributed by atoms with Gasteiger partial charge in [-0.2, -0.15) is 4.98 Å². The molecule has 0 aliphatic heterocycles. The highest BCUT2D eigenvalue weighted by Crippen LogP contribution is 2.17. The third-order valence-corrected chi connectivity index (χ3v) is 2.40. The molecule has 1 aromatic heterocycles. The fourth-order valence-electron chi connectivity index (χ4n) is 1.63. The molecular weight excluding hydrogens is 240 g/mol. The third-order valence-electron chi connectivity index (χ3n) is 2.40. The van der Waals surface area contributed by atoms with Crippen LogP contribution >= 0.6 is 0 Å². The van der Waals surface area contributed by atoms with Crippen molar-refractivity contribution in [3.05, 3.63) is 42.2 Å². The summed E-state index contributed by atoms with van der Waals surface area (Å²) in [7, 11) is 0. The van der Waals surface area contributed by atoms with Crippen molar-refractivity contribution in [3.8, 4) is 5.88 Å². The molecule has 0 aliphatic rings. The van der Waals surface area contributed by atoms with Gasteiger partial charge in [-0.05, 0) is 31.5 Å². The van der Waals surface area contributed by atoms with Crippen LogP contribution in [0.1, 0.15) is 19.4 Å². The van der Waals surface area contributed by atoms with Crippen LogP contribution in [0.15, 0.2) is 36.7 Å². The molecule has 1 heterocycles. The zero-order valence-electron chi connectivity index (χ0n) is 11.1. The van der Waals surface area contributed by atoms with Gasteiger partial charge in [0.25, 0.3) is 0 Å². The molecule has 1 aromatic carbocycles. The van der Waals surface area contributed by atoms with Crippen molar-refractivity contribution < 1.29 is 4.74 Å². The molecule has 0 fully saturated rings. The predicted octanol–water partition coefficient (Wildman–Crippen LogP) is 2.47. The van der Waals surface area contributed by atoms with Crippen LogP contribution in [-0.4, -0.2) is 16.1 Å². The first kappa shape index (κ1) is 13.3. The van der Waals surface area contributed by atoms with Crippen molar-refractivity contribution >= 4 is 11.5 Å². The number of hydrogen-bond donors (Lipinski definition) is 2. The molecule has 0 bridgehead atoms. The quantitative estimate of drug-likeness (QED) is 0.861. The number of benzene rings is 1. The SMILES string of the molecule is CC(C)Oc1cncc(Nc2cccc(CN)c2)n1. The van der Waals surface area contributed by atoms with Gasteiger partial charge < -0.3 is 15.8 Å². The van der Waals surface area contributed by atoms with E-state index in [-0.39, 0.29) is 6.10 Å². The second kappa shape index (κ2) is 6.15. The summed E-state index contributed by atoms with van der Waals surface area (Å²) in [6.07, 6.45) is 3.33. The number of nitrogens with zero attached hydrogens (tertiary/aromatic N) is 2. The summed E-state index contributed by atoms with van der Waals surface area (Å²) in [4.78, 5) is 8.44.